The Bertz CT molecular complexity index is 194. The molecule has 3 rings (SSSR count). The van der Waals surface area contributed by atoms with Gasteiger partial charge in [0, 0.05) is 19.1 Å². The average molecular weight is 166 g/mol. The summed E-state index contributed by atoms with van der Waals surface area (Å²) in [5.41, 5.74) is 0.615. The number of piperidine rings is 1. The predicted octanol–water partition coefficient (Wildman–Crippen LogP) is 0.546. The van der Waals surface area contributed by atoms with Gasteiger partial charge in [-0.05, 0) is 30.3 Å². The van der Waals surface area contributed by atoms with Crippen LogP contribution in [0.1, 0.15) is 13.8 Å². The van der Waals surface area contributed by atoms with Gasteiger partial charge in [0.05, 0.1) is 0 Å². The van der Waals surface area contributed by atoms with E-state index in [4.69, 9.17) is 0 Å². The molecule has 12 heavy (non-hydrogen) atoms. The summed E-state index contributed by atoms with van der Waals surface area (Å²) < 4.78 is 0. The number of fused-ring (bicyclic) bond motifs is 1. The fourth-order valence-corrected chi connectivity index (χ4v) is 3.19. The van der Waals surface area contributed by atoms with Gasteiger partial charge in [-0.2, -0.15) is 0 Å². The van der Waals surface area contributed by atoms with E-state index in [0.29, 0.717) is 5.41 Å². The van der Waals surface area contributed by atoms with Crippen LogP contribution in [0.5, 0.6) is 0 Å². The van der Waals surface area contributed by atoms with Gasteiger partial charge >= 0.3 is 0 Å². The highest BCUT2D eigenvalue weighted by Crippen LogP contribution is 2.49. The molecule has 1 saturated carbocycles. The Morgan fingerprint density at radius 2 is 1.75 bits per heavy atom. The second-order valence-electron chi connectivity index (χ2n) is 5.55. The molecule has 68 valence electrons. The van der Waals surface area contributed by atoms with E-state index >= 15 is 0 Å². The van der Waals surface area contributed by atoms with Crippen molar-refractivity contribution in [2.45, 2.75) is 19.9 Å². The Hall–Kier alpha value is -0.0800. The van der Waals surface area contributed by atoms with Gasteiger partial charge in [-0.15, -0.1) is 0 Å². The van der Waals surface area contributed by atoms with Crippen molar-refractivity contribution in [3.63, 3.8) is 0 Å². The van der Waals surface area contributed by atoms with Crippen LogP contribution >= 0.6 is 0 Å². The molecule has 2 unspecified atom stereocenters. The molecule has 2 atom stereocenters. The van der Waals surface area contributed by atoms with Gasteiger partial charge in [0.15, 0.2) is 0 Å². The van der Waals surface area contributed by atoms with Crippen LogP contribution in [0.2, 0.25) is 0 Å². The lowest BCUT2D eigenvalue weighted by Gasteiger charge is -2.47. The van der Waals surface area contributed by atoms with Gasteiger partial charge in [-0.3, -0.25) is 4.90 Å². The first kappa shape index (κ1) is 7.34. The molecule has 0 aromatic rings. The van der Waals surface area contributed by atoms with E-state index in [-0.39, 0.29) is 0 Å². The monoisotopic (exact) mass is 166 g/mol. The van der Waals surface area contributed by atoms with E-state index in [1.807, 2.05) is 0 Å². The second-order valence-corrected chi connectivity index (χ2v) is 5.55. The predicted molar refractivity (Wildman–Crippen MR) is 49.0 cm³/mol. The number of likely N-dealkylation sites (tertiary alicyclic amines) is 1. The van der Waals surface area contributed by atoms with E-state index < -0.39 is 0 Å². The SMILES string of the molecule is CC1(C)CN(C2C3CNCC32)C1. The smallest absolute Gasteiger partial charge is 0.0184 e. The largest absolute Gasteiger partial charge is 0.316 e. The highest BCUT2D eigenvalue weighted by Gasteiger charge is 2.58. The molecule has 0 aromatic heterocycles. The Balaban J connectivity index is 1.59. The molecule has 0 bridgehead atoms. The molecule has 0 aromatic carbocycles. The number of nitrogens with zero attached hydrogens (tertiary/aromatic N) is 1. The molecule has 2 heteroatoms. The van der Waals surface area contributed by atoms with Crippen LogP contribution in [-0.4, -0.2) is 37.1 Å². The quantitative estimate of drug-likeness (QED) is 0.612. The molecule has 1 aliphatic carbocycles. The van der Waals surface area contributed by atoms with Crippen LogP contribution in [0.4, 0.5) is 0 Å². The topological polar surface area (TPSA) is 15.3 Å². The first-order valence-corrected chi connectivity index (χ1v) is 5.12. The van der Waals surface area contributed by atoms with Gasteiger partial charge in [0.1, 0.15) is 0 Å². The first-order valence-electron chi connectivity index (χ1n) is 5.12. The van der Waals surface area contributed by atoms with E-state index in [1.165, 1.54) is 26.2 Å². The molecular weight excluding hydrogens is 148 g/mol. The standard InChI is InChI=1S/C10H18N2/c1-10(2)5-12(6-10)9-7-3-11-4-8(7)9/h7-9,11H,3-6H2,1-2H3. The van der Waals surface area contributed by atoms with Crippen molar-refractivity contribution in [2.24, 2.45) is 17.3 Å². The second kappa shape index (κ2) is 2.05. The Labute approximate surface area is 74.3 Å². The van der Waals surface area contributed by atoms with E-state index in [1.54, 1.807) is 0 Å². The van der Waals surface area contributed by atoms with Crippen LogP contribution in [0.15, 0.2) is 0 Å². The van der Waals surface area contributed by atoms with Crippen molar-refractivity contribution in [1.82, 2.24) is 10.2 Å². The number of hydrogen-bond donors (Lipinski definition) is 1. The fraction of sp³-hybridized carbons (Fsp3) is 1.00. The molecular formula is C10H18N2. The molecule has 3 aliphatic rings. The maximum Gasteiger partial charge on any atom is 0.0184 e. The van der Waals surface area contributed by atoms with Crippen molar-refractivity contribution >= 4 is 0 Å². The van der Waals surface area contributed by atoms with E-state index in [9.17, 15) is 0 Å². The summed E-state index contributed by atoms with van der Waals surface area (Å²) in [5.74, 6) is 2.03. The van der Waals surface area contributed by atoms with Gasteiger partial charge in [-0.25, -0.2) is 0 Å². The number of rotatable bonds is 1. The highest BCUT2D eigenvalue weighted by molar-refractivity contribution is 5.13. The Morgan fingerprint density at radius 3 is 2.25 bits per heavy atom. The summed E-state index contributed by atoms with van der Waals surface area (Å²) >= 11 is 0. The molecule has 2 nitrogen and oxygen atoms in total. The zero-order valence-electron chi connectivity index (χ0n) is 8.01. The summed E-state index contributed by atoms with van der Waals surface area (Å²) in [6.45, 7) is 9.99. The van der Waals surface area contributed by atoms with Crippen LogP contribution in [0.25, 0.3) is 0 Å². The molecule has 1 N–H and O–H groups in total. The summed E-state index contributed by atoms with van der Waals surface area (Å²) in [7, 11) is 0. The molecule has 2 heterocycles. The molecule has 2 saturated heterocycles. The summed E-state index contributed by atoms with van der Waals surface area (Å²) in [6, 6.07) is 0.972. The molecule has 2 aliphatic heterocycles. The van der Waals surface area contributed by atoms with Crippen molar-refractivity contribution < 1.29 is 0 Å². The van der Waals surface area contributed by atoms with Gasteiger partial charge in [0.25, 0.3) is 0 Å². The lowest BCUT2D eigenvalue weighted by Crippen LogP contribution is -2.55. The fourth-order valence-electron chi connectivity index (χ4n) is 3.19. The van der Waals surface area contributed by atoms with Crippen LogP contribution in [0, 0.1) is 17.3 Å². The maximum absolute atomic E-state index is 3.45. The minimum absolute atomic E-state index is 0.615. The minimum Gasteiger partial charge on any atom is -0.316 e. The molecule has 3 fully saturated rings. The zero-order chi connectivity index (χ0) is 8.34. The molecule has 0 amide bonds. The maximum atomic E-state index is 3.45. The molecule has 0 spiro atoms. The third-order valence-electron chi connectivity index (χ3n) is 3.73. The normalized spacial score (nSPS) is 50.0. The summed E-state index contributed by atoms with van der Waals surface area (Å²) in [4.78, 5) is 2.69. The van der Waals surface area contributed by atoms with Crippen LogP contribution in [-0.2, 0) is 0 Å². The van der Waals surface area contributed by atoms with Crippen molar-refractivity contribution in [3.05, 3.63) is 0 Å². The van der Waals surface area contributed by atoms with Gasteiger partial charge in [0.2, 0.25) is 0 Å². The number of nitrogens with one attached hydrogen (secondary N) is 1. The lowest BCUT2D eigenvalue weighted by molar-refractivity contribution is 0.0146. The summed E-state index contributed by atoms with van der Waals surface area (Å²) in [5, 5.41) is 3.45. The van der Waals surface area contributed by atoms with Crippen molar-refractivity contribution in [3.8, 4) is 0 Å². The lowest BCUT2D eigenvalue weighted by atomic mass is 9.84. The first-order chi connectivity index (χ1) is 5.67. The van der Waals surface area contributed by atoms with E-state index in [2.05, 4.69) is 24.1 Å². The Kier molecular flexibility index (Phi) is 1.25. The van der Waals surface area contributed by atoms with E-state index in [0.717, 1.165) is 17.9 Å². The number of hydrogen-bond acceptors (Lipinski definition) is 2. The third-order valence-corrected chi connectivity index (χ3v) is 3.73. The zero-order valence-corrected chi connectivity index (χ0v) is 8.01. The Morgan fingerprint density at radius 1 is 1.17 bits per heavy atom. The highest BCUT2D eigenvalue weighted by atomic mass is 15.3. The van der Waals surface area contributed by atoms with Crippen molar-refractivity contribution in [1.29, 1.82) is 0 Å². The molecule has 0 radical (unpaired) electrons. The third kappa shape index (κ3) is 0.882. The van der Waals surface area contributed by atoms with Gasteiger partial charge < -0.3 is 5.32 Å². The minimum atomic E-state index is 0.615. The van der Waals surface area contributed by atoms with Crippen molar-refractivity contribution in [2.75, 3.05) is 26.2 Å². The average Bonchev–Trinajstić information content (AvgIpc) is 2.37. The van der Waals surface area contributed by atoms with Crippen LogP contribution < -0.4 is 5.32 Å². The van der Waals surface area contributed by atoms with Crippen LogP contribution in [0.3, 0.4) is 0 Å². The van der Waals surface area contributed by atoms with Gasteiger partial charge in [-0.1, -0.05) is 13.8 Å². The summed E-state index contributed by atoms with van der Waals surface area (Å²) in [6.07, 6.45) is 0.